The quantitative estimate of drug-likeness (QED) is 0.292. The Balaban J connectivity index is 0.000000517. The highest BCUT2D eigenvalue weighted by molar-refractivity contribution is 5.81. The Morgan fingerprint density at radius 3 is 2.62 bits per heavy atom. The molecule has 0 bridgehead atoms. The van der Waals surface area contributed by atoms with Crippen LogP contribution in [0, 0.1) is 0 Å². The summed E-state index contributed by atoms with van der Waals surface area (Å²) in [5.41, 5.74) is 3.51. The average Bonchev–Trinajstić information content (AvgIpc) is 3.63. The van der Waals surface area contributed by atoms with Gasteiger partial charge in [-0.25, -0.2) is 9.78 Å². The van der Waals surface area contributed by atoms with Crippen molar-refractivity contribution in [2.75, 3.05) is 26.7 Å². The van der Waals surface area contributed by atoms with Crippen molar-refractivity contribution in [1.29, 1.82) is 0 Å². The van der Waals surface area contributed by atoms with Crippen molar-refractivity contribution in [3.8, 4) is 11.4 Å². The van der Waals surface area contributed by atoms with Crippen LogP contribution in [0.3, 0.4) is 0 Å². The van der Waals surface area contributed by atoms with Gasteiger partial charge in [-0.2, -0.15) is 18.2 Å². The SMILES string of the molecule is CN(C(=O)Cc1ccc2ncc(=O)[nH]c2c1)C(CN1CC[C@H](O)C1)c1cccc(-c2ncon2)c1.O=C(O)C(F)(F)F. The molecule has 1 amide bonds. The van der Waals surface area contributed by atoms with Crippen molar-refractivity contribution in [1.82, 2.24) is 29.9 Å². The van der Waals surface area contributed by atoms with E-state index < -0.39 is 12.1 Å². The summed E-state index contributed by atoms with van der Waals surface area (Å²) >= 11 is 0. The molecule has 5 rings (SSSR count). The van der Waals surface area contributed by atoms with Gasteiger partial charge in [-0.15, -0.1) is 0 Å². The zero-order chi connectivity index (χ0) is 30.4. The number of carboxylic acids is 1. The number of halogens is 3. The molecule has 2 aromatic carbocycles. The second-order valence-electron chi connectivity index (χ2n) is 9.68. The molecule has 0 saturated carbocycles. The van der Waals surface area contributed by atoms with Crippen LogP contribution < -0.4 is 5.56 Å². The Hall–Kier alpha value is -4.63. The van der Waals surface area contributed by atoms with E-state index in [-0.39, 0.29) is 30.0 Å². The number of benzene rings is 2. The highest BCUT2D eigenvalue weighted by Crippen LogP contribution is 2.27. The van der Waals surface area contributed by atoms with Crippen molar-refractivity contribution < 1.29 is 37.5 Å². The van der Waals surface area contributed by atoms with Gasteiger partial charge in [0, 0.05) is 32.2 Å². The lowest BCUT2D eigenvalue weighted by atomic mass is 10.0. The number of amides is 1. The fraction of sp³-hybridized carbons (Fsp3) is 0.333. The number of fused-ring (bicyclic) bond motifs is 1. The molecule has 1 aliphatic heterocycles. The summed E-state index contributed by atoms with van der Waals surface area (Å²) in [7, 11) is 1.80. The number of likely N-dealkylation sites (N-methyl/N-ethyl adjacent to an activating group) is 1. The van der Waals surface area contributed by atoms with Gasteiger partial charge in [-0.1, -0.05) is 29.4 Å². The van der Waals surface area contributed by atoms with Crippen LogP contribution in [0.5, 0.6) is 0 Å². The van der Waals surface area contributed by atoms with Crippen LogP contribution in [-0.4, -0.2) is 91.0 Å². The van der Waals surface area contributed by atoms with Crippen molar-refractivity contribution in [3.05, 3.63) is 76.5 Å². The number of likely N-dealkylation sites (tertiary alicyclic amines) is 1. The van der Waals surface area contributed by atoms with E-state index in [0.29, 0.717) is 29.9 Å². The van der Waals surface area contributed by atoms with Gasteiger partial charge < -0.3 is 24.6 Å². The van der Waals surface area contributed by atoms with E-state index in [1.807, 2.05) is 30.3 Å². The number of aromatic amines is 1. The molecule has 2 aromatic heterocycles. The lowest BCUT2D eigenvalue weighted by Crippen LogP contribution is -2.39. The first-order valence-corrected chi connectivity index (χ1v) is 12.7. The minimum absolute atomic E-state index is 0.0645. The van der Waals surface area contributed by atoms with Crippen LogP contribution in [-0.2, 0) is 16.0 Å². The number of hydrogen-bond donors (Lipinski definition) is 3. The maximum Gasteiger partial charge on any atom is 0.490 e. The molecule has 1 unspecified atom stereocenters. The summed E-state index contributed by atoms with van der Waals surface area (Å²) in [6.07, 6.45) is -2.02. The van der Waals surface area contributed by atoms with Crippen LogP contribution in [0.1, 0.15) is 23.6 Å². The molecule has 1 fully saturated rings. The number of hydrogen-bond acceptors (Lipinski definition) is 9. The molecule has 15 heteroatoms. The molecular weight excluding hydrogens is 561 g/mol. The normalized spacial score (nSPS) is 16.1. The third-order valence-electron chi connectivity index (χ3n) is 6.67. The number of aliphatic hydroxyl groups is 1. The van der Waals surface area contributed by atoms with Gasteiger partial charge >= 0.3 is 12.1 Å². The van der Waals surface area contributed by atoms with Crippen molar-refractivity contribution >= 4 is 22.9 Å². The summed E-state index contributed by atoms with van der Waals surface area (Å²) in [4.78, 5) is 48.9. The highest BCUT2D eigenvalue weighted by Gasteiger charge is 2.38. The second kappa shape index (κ2) is 12.9. The van der Waals surface area contributed by atoms with E-state index in [1.165, 1.54) is 12.6 Å². The first-order chi connectivity index (χ1) is 19.9. The molecule has 4 aromatic rings. The molecule has 3 heterocycles. The number of aromatic nitrogens is 4. The maximum absolute atomic E-state index is 13.4. The predicted octanol–water partition coefficient (Wildman–Crippen LogP) is 2.42. The minimum atomic E-state index is -5.08. The average molecular weight is 589 g/mol. The molecule has 1 saturated heterocycles. The summed E-state index contributed by atoms with van der Waals surface area (Å²) in [6, 6.07) is 13.0. The van der Waals surface area contributed by atoms with Gasteiger partial charge in [0.15, 0.2) is 0 Å². The molecule has 0 radical (unpaired) electrons. The molecule has 12 nitrogen and oxygen atoms in total. The van der Waals surface area contributed by atoms with Crippen LogP contribution in [0.4, 0.5) is 13.2 Å². The van der Waals surface area contributed by atoms with Crippen LogP contribution in [0.2, 0.25) is 0 Å². The molecule has 0 spiro atoms. The predicted molar refractivity (Wildman–Crippen MR) is 142 cm³/mol. The highest BCUT2D eigenvalue weighted by atomic mass is 19.4. The maximum atomic E-state index is 13.4. The number of carboxylic acid groups (broad SMARTS) is 1. The summed E-state index contributed by atoms with van der Waals surface area (Å²) < 4.78 is 36.6. The van der Waals surface area contributed by atoms with E-state index in [9.17, 15) is 27.9 Å². The number of nitrogens with one attached hydrogen (secondary N) is 1. The third kappa shape index (κ3) is 7.76. The van der Waals surface area contributed by atoms with Gasteiger partial charge in [-0.3, -0.25) is 14.5 Å². The topological polar surface area (TPSA) is 166 Å². The Labute approximate surface area is 236 Å². The lowest BCUT2D eigenvalue weighted by molar-refractivity contribution is -0.192. The Bertz CT molecular complexity index is 1590. The minimum Gasteiger partial charge on any atom is -0.475 e. The summed E-state index contributed by atoms with van der Waals surface area (Å²) in [5, 5.41) is 21.1. The first kappa shape index (κ1) is 30.3. The van der Waals surface area contributed by atoms with E-state index in [1.54, 1.807) is 24.1 Å². The largest absolute Gasteiger partial charge is 0.490 e. The van der Waals surface area contributed by atoms with E-state index >= 15 is 0 Å². The molecular formula is C27H27F3N6O6. The van der Waals surface area contributed by atoms with Crippen molar-refractivity contribution in [2.45, 2.75) is 31.2 Å². The van der Waals surface area contributed by atoms with Gasteiger partial charge in [0.25, 0.3) is 5.56 Å². The van der Waals surface area contributed by atoms with E-state index in [0.717, 1.165) is 29.7 Å². The number of aliphatic hydroxyl groups excluding tert-OH is 1. The van der Waals surface area contributed by atoms with Crippen LogP contribution in [0.25, 0.3) is 22.4 Å². The lowest BCUT2D eigenvalue weighted by Gasteiger charge is -2.32. The Morgan fingerprint density at radius 1 is 1.21 bits per heavy atom. The first-order valence-electron chi connectivity index (χ1n) is 12.7. The monoisotopic (exact) mass is 588 g/mol. The summed E-state index contributed by atoms with van der Waals surface area (Å²) in [6.45, 7) is 1.94. The van der Waals surface area contributed by atoms with Gasteiger partial charge in [0.1, 0.15) is 0 Å². The van der Waals surface area contributed by atoms with Gasteiger partial charge in [0.05, 0.1) is 35.8 Å². The Morgan fingerprint density at radius 2 is 1.98 bits per heavy atom. The fourth-order valence-electron chi connectivity index (χ4n) is 4.53. The summed E-state index contributed by atoms with van der Waals surface area (Å²) in [5.74, 6) is -2.34. The van der Waals surface area contributed by atoms with E-state index in [4.69, 9.17) is 14.4 Å². The van der Waals surface area contributed by atoms with Crippen molar-refractivity contribution in [3.63, 3.8) is 0 Å². The molecule has 0 aliphatic carbocycles. The molecule has 1 aliphatic rings. The number of rotatable bonds is 7. The second-order valence-corrected chi connectivity index (χ2v) is 9.68. The number of β-amino-alcohol motifs (C(OH)–C–C–N with tert-alkyl or cyclic N) is 1. The number of H-pyrrole nitrogens is 1. The van der Waals surface area contributed by atoms with Crippen LogP contribution >= 0.6 is 0 Å². The van der Waals surface area contributed by atoms with E-state index in [2.05, 4.69) is 25.0 Å². The number of alkyl halides is 3. The van der Waals surface area contributed by atoms with Gasteiger partial charge in [0.2, 0.25) is 18.1 Å². The van der Waals surface area contributed by atoms with Crippen molar-refractivity contribution in [2.24, 2.45) is 0 Å². The third-order valence-corrected chi connectivity index (χ3v) is 6.67. The molecule has 3 N–H and O–H groups in total. The van der Waals surface area contributed by atoms with Gasteiger partial charge in [-0.05, 0) is 35.7 Å². The zero-order valence-electron chi connectivity index (χ0n) is 22.3. The smallest absolute Gasteiger partial charge is 0.475 e. The number of carbonyl (C=O) groups excluding carboxylic acids is 1. The number of carbonyl (C=O) groups is 2. The molecule has 2 atom stereocenters. The molecule has 222 valence electrons. The Kier molecular flexibility index (Phi) is 9.32. The fourth-order valence-corrected chi connectivity index (χ4v) is 4.53. The number of aliphatic carboxylic acids is 1. The van der Waals surface area contributed by atoms with Crippen LogP contribution in [0.15, 0.2) is 64.4 Å². The standard InChI is InChI=1S/C25H26N6O4.C2HF3O2/c1-30(24(34)10-16-5-6-20-21(9-16)28-23(33)12-26-20)22(14-31-8-7-19(32)13-31)17-3-2-4-18(11-17)25-27-15-35-29-25;3-2(4,5)1(6)7/h2-6,9,11-12,15,19,22,32H,7-8,10,13-14H2,1H3,(H,28,33);(H,6,7)/t19-,22?;/m0./s1. The zero-order valence-corrected chi connectivity index (χ0v) is 22.3. The molecule has 42 heavy (non-hydrogen) atoms. The number of nitrogens with zero attached hydrogens (tertiary/aromatic N) is 5.